The molecule has 0 aliphatic carbocycles. The van der Waals surface area contributed by atoms with Gasteiger partial charge in [0.1, 0.15) is 0 Å². The van der Waals surface area contributed by atoms with Crippen molar-refractivity contribution in [2.24, 2.45) is 0 Å². The zero-order chi connectivity index (χ0) is 15.0. The van der Waals surface area contributed by atoms with Crippen LogP contribution in [-0.2, 0) is 0 Å². The maximum Gasteiger partial charge on any atom is 0.255 e. The minimum Gasteiger partial charge on any atom is -0.333 e. The summed E-state index contributed by atoms with van der Waals surface area (Å²) in [4.78, 5) is 29.2. The van der Waals surface area contributed by atoms with Crippen molar-refractivity contribution in [2.75, 3.05) is 19.6 Å². The van der Waals surface area contributed by atoms with E-state index < -0.39 is 0 Å². The molecule has 5 nitrogen and oxygen atoms in total. The zero-order valence-electron chi connectivity index (χ0n) is 12.1. The number of benzene rings is 1. The number of nitrogens with one attached hydrogen (secondary N) is 2. The summed E-state index contributed by atoms with van der Waals surface area (Å²) in [6, 6.07) is 7.03. The number of hydrogen-bond acceptors (Lipinski definition) is 3. The number of halogens is 2. The predicted octanol–water partition coefficient (Wildman–Crippen LogP) is 2.15. The number of nitrogens with zero attached hydrogens (tertiary/aromatic N) is 1. The van der Waals surface area contributed by atoms with Crippen molar-refractivity contribution in [1.29, 1.82) is 0 Å². The maximum absolute atomic E-state index is 12.8. The van der Waals surface area contributed by atoms with Gasteiger partial charge in [-0.25, -0.2) is 0 Å². The number of H-pyrrole nitrogens is 1. The molecule has 0 unspecified atom stereocenters. The topological polar surface area (TPSA) is 65.2 Å². The first-order chi connectivity index (χ1) is 10.1. The van der Waals surface area contributed by atoms with Crippen LogP contribution in [-0.4, -0.2) is 41.5 Å². The quantitative estimate of drug-likeness (QED) is 0.789. The number of pyridine rings is 1. The fourth-order valence-electron chi connectivity index (χ4n) is 2.70. The summed E-state index contributed by atoms with van der Waals surface area (Å²) in [6.45, 7) is 4.22. The largest absolute Gasteiger partial charge is 0.333 e. The van der Waals surface area contributed by atoms with Gasteiger partial charge in [-0.15, -0.1) is 12.4 Å². The van der Waals surface area contributed by atoms with Crippen LogP contribution in [0.4, 0.5) is 0 Å². The minimum absolute atomic E-state index is 0. The molecule has 0 spiro atoms. The number of aromatic amines is 1. The van der Waals surface area contributed by atoms with E-state index in [-0.39, 0.29) is 29.9 Å². The van der Waals surface area contributed by atoms with Crippen molar-refractivity contribution in [3.63, 3.8) is 0 Å². The van der Waals surface area contributed by atoms with E-state index in [0.717, 1.165) is 22.9 Å². The van der Waals surface area contributed by atoms with Crippen LogP contribution in [0.1, 0.15) is 17.3 Å². The molecule has 1 aliphatic heterocycles. The molecule has 1 aromatic carbocycles. The Kier molecular flexibility index (Phi) is 5.26. The molecule has 7 heteroatoms. The third-order valence-corrected chi connectivity index (χ3v) is 4.29. The van der Waals surface area contributed by atoms with Gasteiger partial charge >= 0.3 is 0 Å². The Balaban J connectivity index is 0.00000176. The van der Waals surface area contributed by atoms with E-state index in [0.29, 0.717) is 17.6 Å². The predicted molar refractivity (Wildman–Crippen MR) is 92.9 cm³/mol. The van der Waals surface area contributed by atoms with Crippen LogP contribution in [0, 0.1) is 0 Å². The van der Waals surface area contributed by atoms with Crippen LogP contribution in [0.5, 0.6) is 0 Å². The third-order valence-electron chi connectivity index (χ3n) is 3.80. The van der Waals surface area contributed by atoms with Gasteiger partial charge < -0.3 is 15.2 Å². The lowest BCUT2D eigenvalue weighted by Gasteiger charge is -2.34. The van der Waals surface area contributed by atoms with Crippen LogP contribution >= 0.6 is 28.3 Å². The number of aromatic nitrogens is 1. The standard InChI is InChI=1S/C15H16BrN3O2.ClH/c1-9-8-17-4-5-19(9)15(21)12-7-14(20)18-13-3-2-10(16)6-11(12)13;/h2-3,6-7,9,17H,4-5,8H2,1H3,(H,18,20);1H/t9-;/m1./s1. The number of rotatable bonds is 1. The molecule has 2 heterocycles. The van der Waals surface area contributed by atoms with E-state index >= 15 is 0 Å². The van der Waals surface area contributed by atoms with E-state index in [9.17, 15) is 9.59 Å². The maximum atomic E-state index is 12.8. The Hall–Kier alpha value is -1.37. The van der Waals surface area contributed by atoms with Crippen LogP contribution in [0.3, 0.4) is 0 Å². The Morgan fingerprint density at radius 2 is 2.14 bits per heavy atom. The van der Waals surface area contributed by atoms with Crippen molar-refractivity contribution in [3.8, 4) is 0 Å². The zero-order valence-corrected chi connectivity index (χ0v) is 14.5. The second kappa shape index (κ2) is 6.81. The summed E-state index contributed by atoms with van der Waals surface area (Å²) in [5, 5.41) is 4.02. The molecular formula is C15H17BrClN3O2. The average Bonchev–Trinajstić information content (AvgIpc) is 2.47. The molecule has 1 aliphatic rings. The molecule has 0 bridgehead atoms. The number of carbonyl (C=O) groups is 1. The molecule has 1 saturated heterocycles. The van der Waals surface area contributed by atoms with Gasteiger partial charge in [-0.05, 0) is 25.1 Å². The summed E-state index contributed by atoms with van der Waals surface area (Å²) in [7, 11) is 0. The molecular weight excluding hydrogens is 370 g/mol. The van der Waals surface area contributed by atoms with Crippen molar-refractivity contribution < 1.29 is 4.79 Å². The molecule has 2 N–H and O–H groups in total. The molecule has 1 amide bonds. The molecule has 0 radical (unpaired) electrons. The summed E-state index contributed by atoms with van der Waals surface area (Å²) in [6.07, 6.45) is 0. The van der Waals surface area contributed by atoms with Gasteiger partial charge in [-0.3, -0.25) is 9.59 Å². The van der Waals surface area contributed by atoms with E-state index in [1.807, 2.05) is 24.0 Å². The van der Waals surface area contributed by atoms with Gasteiger partial charge in [0, 0.05) is 47.1 Å². The molecule has 118 valence electrons. The summed E-state index contributed by atoms with van der Waals surface area (Å²) < 4.78 is 0.879. The Labute approximate surface area is 142 Å². The molecule has 1 atom stereocenters. The van der Waals surface area contributed by atoms with E-state index in [4.69, 9.17) is 0 Å². The normalized spacial score (nSPS) is 18.1. The number of hydrogen-bond donors (Lipinski definition) is 2. The van der Waals surface area contributed by atoms with Gasteiger partial charge in [-0.1, -0.05) is 15.9 Å². The highest BCUT2D eigenvalue weighted by Crippen LogP contribution is 2.22. The minimum atomic E-state index is -0.254. The second-order valence-corrected chi connectivity index (χ2v) is 6.20. The van der Waals surface area contributed by atoms with Crippen molar-refractivity contribution >= 4 is 45.1 Å². The highest BCUT2D eigenvalue weighted by Gasteiger charge is 2.25. The monoisotopic (exact) mass is 385 g/mol. The lowest BCUT2D eigenvalue weighted by Crippen LogP contribution is -2.52. The van der Waals surface area contributed by atoms with E-state index in [1.54, 1.807) is 6.07 Å². The van der Waals surface area contributed by atoms with Gasteiger partial charge in [0.2, 0.25) is 5.56 Å². The average molecular weight is 387 g/mol. The lowest BCUT2D eigenvalue weighted by atomic mass is 10.1. The molecule has 1 aromatic heterocycles. The van der Waals surface area contributed by atoms with E-state index in [2.05, 4.69) is 26.2 Å². The molecule has 0 saturated carbocycles. The highest BCUT2D eigenvalue weighted by molar-refractivity contribution is 9.10. The third kappa shape index (κ3) is 3.19. The van der Waals surface area contributed by atoms with Crippen LogP contribution in [0.25, 0.3) is 10.9 Å². The van der Waals surface area contributed by atoms with Gasteiger partial charge in [0.15, 0.2) is 0 Å². The SMILES string of the molecule is C[C@@H]1CNCCN1C(=O)c1cc(=O)[nH]c2ccc(Br)cc12.Cl. The van der Waals surface area contributed by atoms with Crippen LogP contribution < -0.4 is 10.9 Å². The summed E-state index contributed by atoms with van der Waals surface area (Å²) >= 11 is 3.42. The number of fused-ring (bicyclic) bond motifs is 1. The first kappa shape index (κ1) is 17.0. The van der Waals surface area contributed by atoms with Gasteiger partial charge in [0.05, 0.1) is 5.56 Å². The first-order valence-electron chi connectivity index (χ1n) is 6.90. The van der Waals surface area contributed by atoms with Crippen molar-refractivity contribution in [1.82, 2.24) is 15.2 Å². The molecule has 3 rings (SSSR count). The van der Waals surface area contributed by atoms with Crippen LogP contribution in [0.15, 0.2) is 33.5 Å². The Morgan fingerprint density at radius 3 is 2.86 bits per heavy atom. The smallest absolute Gasteiger partial charge is 0.255 e. The Bertz CT molecular complexity index is 762. The number of carbonyl (C=O) groups excluding carboxylic acids is 1. The van der Waals surface area contributed by atoms with E-state index in [1.165, 1.54) is 6.07 Å². The Morgan fingerprint density at radius 1 is 1.36 bits per heavy atom. The lowest BCUT2D eigenvalue weighted by molar-refractivity contribution is 0.0657. The first-order valence-corrected chi connectivity index (χ1v) is 7.70. The number of piperazine rings is 1. The fourth-order valence-corrected chi connectivity index (χ4v) is 3.06. The van der Waals surface area contributed by atoms with Crippen molar-refractivity contribution in [2.45, 2.75) is 13.0 Å². The van der Waals surface area contributed by atoms with Gasteiger partial charge in [-0.2, -0.15) is 0 Å². The highest BCUT2D eigenvalue weighted by atomic mass is 79.9. The molecule has 1 fully saturated rings. The summed E-state index contributed by atoms with van der Waals surface area (Å²) in [5.74, 6) is -0.0850. The number of amides is 1. The fraction of sp³-hybridized carbons (Fsp3) is 0.333. The summed E-state index contributed by atoms with van der Waals surface area (Å²) in [5.41, 5.74) is 0.886. The van der Waals surface area contributed by atoms with Crippen molar-refractivity contribution in [3.05, 3.63) is 44.7 Å². The van der Waals surface area contributed by atoms with Gasteiger partial charge in [0.25, 0.3) is 5.91 Å². The second-order valence-electron chi connectivity index (χ2n) is 5.29. The molecule has 2 aromatic rings. The molecule has 22 heavy (non-hydrogen) atoms. The van der Waals surface area contributed by atoms with Crippen LogP contribution in [0.2, 0.25) is 0 Å².